The zero-order valence-electron chi connectivity index (χ0n) is 22.6. The Morgan fingerprint density at radius 3 is 1.68 bits per heavy atom. The molecule has 2 heterocycles. The van der Waals surface area contributed by atoms with Crippen molar-refractivity contribution in [3.8, 4) is 33.6 Å². The minimum atomic E-state index is -1.55. The van der Waals surface area contributed by atoms with Crippen molar-refractivity contribution >= 4 is 0 Å². The summed E-state index contributed by atoms with van der Waals surface area (Å²) in [7, 11) is 0. The molecule has 3 heteroatoms. The van der Waals surface area contributed by atoms with E-state index in [-0.39, 0.29) is 20.1 Å². The van der Waals surface area contributed by atoms with Gasteiger partial charge >= 0.3 is 0 Å². The smallest absolute Gasteiger partial charge is 0.0365 e. The van der Waals surface area contributed by atoms with E-state index in [4.69, 9.17) is 2.74 Å². The van der Waals surface area contributed by atoms with Gasteiger partial charge in [0.15, 0.2) is 0 Å². The van der Waals surface area contributed by atoms with Crippen molar-refractivity contribution in [1.29, 1.82) is 0 Å². The Morgan fingerprint density at radius 2 is 1.08 bits per heavy atom. The summed E-state index contributed by atoms with van der Waals surface area (Å²) in [6.07, 6.45) is 1.94. The first-order chi connectivity index (χ1) is 19.1. The molecule has 0 aliphatic rings. The topological polar surface area (TPSA) is 25.8 Å². The van der Waals surface area contributed by atoms with Gasteiger partial charge in [-0.15, -0.1) is 71.8 Å². The van der Waals surface area contributed by atoms with Crippen LogP contribution < -0.4 is 0 Å². The third-order valence-electron chi connectivity index (χ3n) is 5.66. The van der Waals surface area contributed by atoms with Crippen LogP contribution in [0.2, 0.25) is 0 Å². The number of pyridine rings is 2. The second-order valence-electron chi connectivity index (χ2n) is 8.27. The molecule has 0 bridgehead atoms. The van der Waals surface area contributed by atoms with Crippen molar-refractivity contribution in [3.63, 3.8) is 0 Å². The van der Waals surface area contributed by atoms with Gasteiger partial charge in [-0.25, -0.2) is 0 Å². The number of hydrogen-bond donors (Lipinski definition) is 0. The fourth-order valence-electron chi connectivity index (χ4n) is 3.84. The molecule has 38 heavy (non-hydrogen) atoms. The molecule has 0 aliphatic carbocycles. The Balaban J connectivity index is 0.000000182. The normalized spacial score (nSPS) is 11.2. The number of benzene rings is 4. The van der Waals surface area contributed by atoms with E-state index in [1.165, 1.54) is 11.1 Å². The standard InChI is InChI=1S/C18H14N.C17H12N.Ir/c1-3-7-15(8-4-1)13-16-11-12-19-18(14-16)17-9-5-2-6-10-17;1-3-7-14(8-4-1)16-11-12-18-17(13-16)15-9-5-2-6-10-15;/h1-9,11-12,14H,13H2;1-9,11-13H;/q2*-1;/i13D2;;. The number of aromatic nitrogens is 2. The van der Waals surface area contributed by atoms with Gasteiger partial charge in [0.2, 0.25) is 0 Å². The van der Waals surface area contributed by atoms with E-state index in [9.17, 15) is 0 Å². The van der Waals surface area contributed by atoms with Gasteiger partial charge < -0.3 is 9.97 Å². The van der Waals surface area contributed by atoms with Gasteiger partial charge in [-0.1, -0.05) is 72.8 Å². The molecule has 2 aromatic heterocycles. The van der Waals surface area contributed by atoms with E-state index in [1.807, 2.05) is 97.2 Å². The number of hydrogen-bond acceptors (Lipinski definition) is 2. The van der Waals surface area contributed by atoms with Crippen molar-refractivity contribution in [1.82, 2.24) is 9.97 Å². The monoisotopic (exact) mass is 669 g/mol. The van der Waals surface area contributed by atoms with E-state index < -0.39 is 6.37 Å². The summed E-state index contributed by atoms with van der Waals surface area (Å²) in [5.74, 6) is 0. The average Bonchev–Trinajstić information content (AvgIpc) is 3.03. The maximum absolute atomic E-state index is 8.40. The molecule has 0 saturated heterocycles. The number of nitrogens with zero attached hydrogens (tertiary/aromatic N) is 2. The largest absolute Gasteiger partial charge is 0.305 e. The SMILES string of the molecule is [2H]C([2H])(c1ccccc1)c1ccnc(-c2[c-]cccc2)c1.[Ir].[c-]1ccccc1-c1cc(-c2ccccc2)ccn1. The fraction of sp³-hybridized carbons (Fsp3) is 0.0286. The maximum Gasteiger partial charge on any atom is 0.0365 e. The second kappa shape index (κ2) is 13.9. The molecule has 2 nitrogen and oxygen atoms in total. The first kappa shape index (κ1) is 24.2. The molecule has 0 atom stereocenters. The molecule has 0 amide bonds. The van der Waals surface area contributed by atoms with Crippen molar-refractivity contribution in [3.05, 3.63) is 169 Å². The summed E-state index contributed by atoms with van der Waals surface area (Å²) in [5.41, 5.74) is 7.19. The summed E-state index contributed by atoms with van der Waals surface area (Å²) in [5, 5.41) is 0. The van der Waals surface area contributed by atoms with Gasteiger partial charge in [-0.3, -0.25) is 0 Å². The van der Waals surface area contributed by atoms with Crippen molar-refractivity contribution in [2.45, 2.75) is 6.37 Å². The third-order valence-corrected chi connectivity index (χ3v) is 5.66. The van der Waals surface area contributed by atoms with Crippen molar-refractivity contribution < 1.29 is 22.8 Å². The zero-order valence-corrected chi connectivity index (χ0v) is 23.0. The van der Waals surface area contributed by atoms with Crippen LogP contribution in [0, 0.1) is 12.1 Å². The van der Waals surface area contributed by atoms with Crippen LogP contribution in [0.25, 0.3) is 33.6 Å². The van der Waals surface area contributed by atoms with Crippen LogP contribution in [0.15, 0.2) is 146 Å². The molecule has 6 aromatic rings. The first-order valence-electron chi connectivity index (χ1n) is 13.1. The molecule has 0 spiro atoms. The molecular formula is C35H26IrN2-2. The molecule has 0 fully saturated rings. The van der Waals surface area contributed by atoms with Gasteiger partial charge in [-0.05, 0) is 52.1 Å². The van der Waals surface area contributed by atoms with E-state index >= 15 is 0 Å². The van der Waals surface area contributed by atoms with E-state index in [0.717, 1.165) is 22.5 Å². The Bertz CT molecular complexity index is 1560. The van der Waals surface area contributed by atoms with Crippen LogP contribution in [0.1, 0.15) is 13.9 Å². The molecule has 0 N–H and O–H groups in total. The van der Waals surface area contributed by atoms with E-state index in [0.29, 0.717) is 11.1 Å². The minimum absolute atomic E-state index is 0. The summed E-state index contributed by atoms with van der Waals surface area (Å²) in [4.78, 5) is 8.72. The summed E-state index contributed by atoms with van der Waals surface area (Å²) in [6.45, 7) is 0. The fourth-order valence-corrected chi connectivity index (χ4v) is 3.84. The Labute approximate surface area is 241 Å². The molecule has 187 valence electrons. The van der Waals surface area contributed by atoms with Crippen LogP contribution in [0.3, 0.4) is 0 Å². The maximum atomic E-state index is 8.40. The van der Waals surface area contributed by atoms with Crippen LogP contribution in [-0.2, 0) is 26.5 Å². The molecule has 6 rings (SSSR count). The van der Waals surface area contributed by atoms with Crippen LogP contribution in [0.5, 0.6) is 0 Å². The van der Waals surface area contributed by atoms with E-state index in [1.54, 1.807) is 30.5 Å². The minimum Gasteiger partial charge on any atom is -0.305 e. The molecular weight excluding hydrogens is 641 g/mol. The summed E-state index contributed by atoms with van der Waals surface area (Å²) < 4.78 is 16.8. The predicted molar refractivity (Wildman–Crippen MR) is 152 cm³/mol. The van der Waals surface area contributed by atoms with Gasteiger partial charge in [0.1, 0.15) is 0 Å². The molecule has 0 unspecified atom stereocenters. The average molecular weight is 669 g/mol. The molecule has 4 aromatic carbocycles. The summed E-state index contributed by atoms with van der Waals surface area (Å²) >= 11 is 0. The van der Waals surface area contributed by atoms with Crippen LogP contribution >= 0.6 is 0 Å². The number of rotatable bonds is 5. The quantitative estimate of drug-likeness (QED) is 0.173. The van der Waals surface area contributed by atoms with Crippen LogP contribution in [-0.4, -0.2) is 9.97 Å². The molecule has 0 saturated carbocycles. The zero-order chi connectivity index (χ0) is 26.9. The van der Waals surface area contributed by atoms with Gasteiger partial charge in [-0.2, -0.15) is 0 Å². The van der Waals surface area contributed by atoms with Crippen molar-refractivity contribution in [2.75, 3.05) is 0 Å². The molecule has 1 radical (unpaired) electrons. The predicted octanol–water partition coefficient (Wildman–Crippen LogP) is 8.35. The van der Waals surface area contributed by atoms with Gasteiger partial charge in [0.05, 0.1) is 0 Å². The van der Waals surface area contributed by atoms with E-state index in [2.05, 4.69) is 40.3 Å². The van der Waals surface area contributed by atoms with Crippen LogP contribution in [0.4, 0.5) is 0 Å². The third kappa shape index (κ3) is 7.43. The Kier molecular flexibility index (Phi) is 8.88. The molecule has 0 aliphatic heterocycles. The Hall–Kier alpha value is -4.17. The summed E-state index contributed by atoms with van der Waals surface area (Å²) in [6, 6.07) is 48.9. The van der Waals surface area contributed by atoms with Gasteiger partial charge in [0, 0.05) is 35.2 Å². The first-order valence-corrected chi connectivity index (χ1v) is 12.1. The van der Waals surface area contributed by atoms with Gasteiger partial charge in [0.25, 0.3) is 0 Å². The second-order valence-corrected chi connectivity index (χ2v) is 8.27. The Morgan fingerprint density at radius 1 is 0.526 bits per heavy atom. The van der Waals surface area contributed by atoms with Crippen molar-refractivity contribution in [2.24, 2.45) is 0 Å².